The number of unbranched alkanes of at least 4 members (excludes halogenated alkanes) is 1. The predicted octanol–water partition coefficient (Wildman–Crippen LogP) is 4.34. The molecule has 0 saturated carbocycles. The molecule has 0 aromatic heterocycles. The molecule has 0 spiro atoms. The van der Waals surface area contributed by atoms with E-state index in [9.17, 15) is 9.90 Å². The van der Waals surface area contributed by atoms with Gasteiger partial charge < -0.3 is 5.11 Å². The molecule has 0 aliphatic carbocycles. The van der Waals surface area contributed by atoms with Crippen molar-refractivity contribution in [1.29, 1.82) is 0 Å². The minimum absolute atomic E-state index is 0.112. The third-order valence-electron chi connectivity index (χ3n) is 3.32. The zero-order chi connectivity index (χ0) is 13.8. The summed E-state index contributed by atoms with van der Waals surface area (Å²) in [6, 6.07) is 8.04. The van der Waals surface area contributed by atoms with Crippen LogP contribution in [0.15, 0.2) is 24.3 Å². The number of carboxylic acids is 1. The summed E-state index contributed by atoms with van der Waals surface area (Å²) < 4.78 is 0. The lowest BCUT2D eigenvalue weighted by molar-refractivity contribution is -0.139. The minimum Gasteiger partial charge on any atom is -0.481 e. The summed E-state index contributed by atoms with van der Waals surface area (Å²) in [5, 5.41) is 9.28. The van der Waals surface area contributed by atoms with E-state index in [1.807, 2.05) is 12.1 Å². The number of hydrogen-bond acceptors (Lipinski definition) is 1. The van der Waals surface area contributed by atoms with E-state index in [4.69, 9.17) is 0 Å². The maximum Gasteiger partial charge on any atom is 0.310 e. The van der Waals surface area contributed by atoms with Gasteiger partial charge in [-0.1, -0.05) is 64.8 Å². The molecule has 1 rings (SSSR count). The Morgan fingerprint density at radius 2 is 1.78 bits per heavy atom. The fourth-order valence-corrected chi connectivity index (χ4v) is 2.06. The van der Waals surface area contributed by atoms with Crippen LogP contribution >= 0.6 is 0 Å². The topological polar surface area (TPSA) is 37.3 Å². The number of carboxylic acid groups (broad SMARTS) is 1. The number of carbonyl (C=O) groups is 1. The summed E-state index contributed by atoms with van der Waals surface area (Å²) in [5.74, 6) is -1.08. The van der Waals surface area contributed by atoms with E-state index < -0.39 is 5.97 Å². The molecule has 1 aromatic rings. The molecule has 0 radical (unpaired) electrons. The van der Waals surface area contributed by atoms with Crippen molar-refractivity contribution in [3.8, 4) is 0 Å². The lowest BCUT2D eigenvalue weighted by atomic mass is 9.85. The fourth-order valence-electron chi connectivity index (χ4n) is 2.06. The lowest BCUT2D eigenvalue weighted by Crippen LogP contribution is -2.14. The second-order valence-electron chi connectivity index (χ2n) is 5.91. The van der Waals surface area contributed by atoms with Crippen LogP contribution in [0.3, 0.4) is 0 Å². The summed E-state index contributed by atoms with van der Waals surface area (Å²) >= 11 is 0. The SMILES string of the molecule is CCCCC(C(=O)O)c1ccc(C(C)(C)C)cc1. The Morgan fingerprint density at radius 3 is 2.17 bits per heavy atom. The van der Waals surface area contributed by atoms with Gasteiger partial charge in [-0.25, -0.2) is 0 Å². The van der Waals surface area contributed by atoms with Gasteiger partial charge in [0.05, 0.1) is 5.92 Å². The van der Waals surface area contributed by atoms with E-state index >= 15 is 0 Å². The van der Waals surface area contributed by atoms with E-state index in [0.29, 0.717) is 0 Å². The van der Waals surface area contributed by atoms with Crippen LogP contribution in [-0.4, -0.2) is 11.1 Å². The molecule has 1 aromatic carbocycles. The normalized spacial score (nSPS) is 13.3. The number of hydrogen-bond donors (Lipinski definition) is 1. The van der Waals surface area contributed by atoms with Gasteiger partial charge in [0.2, 0.25) is 0 Å². The van der Waals surface area contributed by atoms with Gasteiger partial charge in [0, 0.05) is 0 Å². The first-order valence-electron chi connectivity index (χ1n) is 6.69. The largest absolute Gasteiger partial charge is 0.481 e. The van der Waals surface area contributed by atoms with Gasteiger partial charge in [-0.15, -0.1) is 0 Å². The molecule has 2 nitrogen and oxygen atoms in total. The van der Waals surface area contributed by atoms with E-state index in [1.54, 1.807) is 0 Å². The standard InChI is InChI=1S/C16H24O2/c1-5-6-7-14(15(17)18)12-8-10-13(11-9-12)16(2,3)4/h8-11,14H,5-7H2,1-4H3,(H,17,18). The van der Waals surface area contributed by atoms with Crippen molar-refractivity contribution in [2.45, 2.75) is 58.3 Å². The van der Waals surface area contributed by atoms with Crippen LogP contribution in [0.1, 0.15) is 64.0 Å². The van der Waals surface area contributed by atoms with E-state index in [-0.39, 0.29) is 11.3 Å². The molecule has 1 unspecified atom stereocenters. The first kappa shape index (κ1) is 14.7. The smallest absolute Gasteiger partial charge is 0.310 e. The quantitative estimate of drug-likeness (QED) is 0.841. The Hall–Kier alpha value is -1.31. The fraction of sp³-hybridized carbons (Fsp3) is 0.562. The summed E-state index contributed by atoms with van der Waals surface area (Å²) in [6.07, 6.45) is 2.71. The Bertz CT molecular complexity index is 385. The molecule has 1 atom stereocenters. The molecule has 0 fully saturated rings. The highest BCUT2D eigenvalue weighted by atomic mass is 16.4. The van der Waals surface area contributed by atoms with E-state index in [0.717, 1.165) is 24.8 Å². The van der Waals surface area contributed by atoms with Crippen LogP contribution in [0, 0.1) is 0 Å². The molecule has 0 bridgehead atoms. The third-order valence-corrected chi connectivity index (χ3v) is 3.32. The summed E-state index contributed by atoms with van der Waals surface area (Å²) in [7, 11) is 0. The highest BCUT2D eigenvalue weighted by Crippen LogP contribution is 2.27. The third kappa shape index (κ3) is 3.86. The van der Waals surface area contributed by atoms with Gasteiger partial charge in [-0.05, 0) is 23.0 Å². The maximum atomic E-state index is 11.3. The van der Waals surface area contributed by atoms with Crippen molar-refractivity contribution >= 4 is 5.97 Å². The molecule has 2 heteroatoms. The Balaban J connectivity index is 2.90. The number of benzene rings is 1. The second kappa shape index (κ2) is 6.03. The Labute approximate surface area is 110 Å². The zero-order valence-electron chi connectivity index (χ0n) is 11.9. The molecule has 100 valence electrons. The van der Waals surface area contributed by atoms with Gasteiger partial charge >= 0.3 is 5.97 Å². The average Bonchev–Trinajstić information content (AvgIpc) is 2.28. The summed E-state index contributed by atoms with van der Waals surface area (Å²) in [5.41, 5.74) is 2.27. The minimum atomic E-state index is -0.716. The van der Waals surface area contributed by atoms with Crippen molar-refractivity contribution in [3.05, 3.63) is 35.4 Å². The average molecular weight is 248 g/mol. The number of rotatable bonds is 5. The summed E-state index contributed by atoms with van der Waals surface area (Å²) in [6.45, 7) is 8.57. The van der Waals surface area contributed by atoms with Crippen molar-refractivity contribution in [3.63, 3.8) is 0 Å². The van der Waals surface area contributed by atoms with Crippen molar-refractivity contribution < 1.29 is 9.90 Å². The summed E-state index contributed by atoms with van der Waals surface area (Å²) in [4.78, 5) is 11.3. The Kier molecular flexibility index (Phi) is 4.94. The van der Waals surface area contributed by atoms with Gasteiger partial charge in [0.25, 0.3) is 0 Å². The molecule has 0 aliphatic rings. The molecule has 0 saturated heterocycles. The molecule has 0 heterocycles. The molecule has 18 heavy (non-hydrogen) atoms. The van der Waals surface area contributed by atoms with Crippen LogP contribution in [-0.2, 0) is 10.2 Å². The van der Waals surface area contributed by atoms with Crippen LogP contribution in [0.25, 0.3) is 0 Å². The van der Waals surface area contributed by atoms with Crippen molar-refractivity contribution in [1.82, 2.24) is 0 Å². The van der Waals surface area contributed by atoms with Crippen molar-refractivity contribution in [2.24, 2.45) is 0 Å². The second-order valence-corrected chi connectivity index (χ2v) is 5.91. The predicted molar refractivity (Wildman–Crippen MR) is 75.0 cm³/mol. The van der Waals surface area contributed by atoms with Gasteiger partial charge in [-0.3, -0.25) is 4.79 Å². The van der Waals surface area contributed by atoms with E-state index in [2.05, 4.69) is 39.8 Å². The highest BCUT2D eigenvalue weighted by molar-refractivity contribution is 5.76. The van der Waals surface area contributed by atoms with Crippen LogP contribution < -0.4 is 0 Å². The number of aliphatic carboxylic acids is 1. The molecule has 0 amide bonds. The Morgan fingerprint density at radius 1 is 1.22 bits per heavy atom. The van der Waals surface area contributed by atoms with Crippen LogP contribution in [0.2, 0.25) is 0 Å². The van der Waals surface area contributed by atoms with Gasteiger partial charge in [0.1, 0.15) is 0 Å². The molecule has 0 aliphatic heterocycles. The zero-order valence-corrected chi connectivity index (χ0v) is 11.9. The molecule has 1 N–H and O–H groups in total. The first-order chi connectivity index (χ1) is 8.36. The maximum absolute atomic E-state index is 11.3. The van der Waals surface area contributed by atoms with Crippen LogP contribution in [0.5, 0.6) is 0 Å². The lowest BCUT2D eigenvalue weighted by Gasteiger charge is -2.20. The van der Waals surface area contributed by atoms with E-state index in [1.165, 1.54) is 5.56 Å². The first-order valence-corrected chi connectivity index (χ1v) is 6.69. The van der Waals surface area contributed by atoms with Gasteiger partial charge in [0.15, 0.2) is 0 Å². The molecular formula is C16H24O2. The monoisotopic (exact) mass is 248 g/mol. The highest BCUT2D eigenvalue weighted by Gasteiger charge is 2.20. The van der Waals surface area contributed by atoms with Crippen LogP contribution in [0.4, 0.5) is 0 Å². The molecular weight excluding hydrogens is 224 g/mol. The van der Waals surface area contributed by atoms with Gasteiger partial charge in [-0.2, -0.15) is 0 Å². The van der Waals surface area contributed by atoms with Crippen molar-refractivity contribution in [2.75, 3.05) is 0 Å².